The van der Waals surface area contributed by atoms with Crippen LogP contribution in [0.5, 0.6) is 0 Å². The molecule has 0 saturated heterocycles. The lowest BCUT2D eigenvalue weighted by Gasteiger charge is -2.30. The molecule has 1 saturated carbocycles. The number of carbonyl (C=O) groups is 1. The zero-order chi connectivity index (χ0) is 21.9. The summed E-state index contributed by atoms with van der Waals surface area (Å²) < 4.78 is 82.2. The highest BCUT2D eigenvalue weighted by molar-refractivity contribution is 5.83. The molecule has 1 aromatic rings. The standard InChI is InChI=1S/C19H21F6N3O/c1-2-7-18(21,22)10-14(16(29)28-17(11-26)8-9-17)27-15(19(23,24)25)12-3-5-13(20)6-4-12/h3-6,14-15,27H,2,7-10H2,1H3,(H,28,29)/t14-,15-/m0/s1. The number of amides is 1. The van der Waals surface area contributed by atoms with Gasteiger partial charge in [-0.05, 0) is 30.5 Å². The first-order chi connectivity index (χ1) is 13.4. The van der Waals surface area contributed by atoms with Gasteiger partial charge in [0.25, 0.3) is 0 Å². The summed E-state index contributed by atoms with van der Waals surface area (Å²) in [7, 11) is 0. The van der Waals surface area contributed by atoms with Crippen LogP contribution in [0.25, 0.3) is 0 Å². The van der Waals surface area contributed by atoms with Gasteiger partial charge in [-0.1, -0.05) is 25.5 Å². The van der Waals surface area contributed by atoms with E-state index < -0.39 is 59.9 Å². The molecule has 1 aliphatic rings. The van der Waals surface area contributed by atoms with E-state index in [4.69, 9.17) is 5.26 Å². The van der Waals surface area contributed by atoms with Crippen molar-refractivity contribution in [3.8, 4) is 6.07 Å². The lowest BCUT2D eigenvalue weighted by molar-refractivity contribution is -0.163. The maximum atomic E-state index is 14.2. The Labute approximate surface area is 164 Å². The van der Waals surface area contributed by atoms with Gasteiger partial charge in [-0.25, -0.2) is 13.2 Å². The number of hydrogen-bond donors (Lipinski definition) is 2. The summed E-state index contributed by atoms with van der Waals surface area (Å²) in [4.78, 5) is 12.5. The van der Waals surface area contributed by atoms with Crippen molar-refractivity contribution < 1.29 is 31.1 Å². The highest BCUT2D eigenvalue weighted by atomic mass is 19.4. The Balaban J connectivity index is 2.30. The molecule has 4 nitrogen and oxygen atoms in total. The molecule has 0 aliphatic heterocycles. The average Bonchev–Trinajstić information content (AvgIpc) is 3.38. The first-order valence-electron chi connectivity index (χ1n) is 9.11. The molecule has 0 bridgehead atoms. The van der Waals surface area contributed by atoms with Gasteiger partial charge in [0, 0.05) is 12.8 Å². The Morgan fingerprint density at radius 2 is 1.79 bits per heavy atom. The molecule has 0 spiro atoms. The van der Waals surface area contributed by atoms with E-state index in [1.54, 1.807) is 0 Å². The molecule has 0 unspecified atom stereocenters. The highest BCUT2D eigenvalue weighted by Gasteiger charge is 2.49. The molecule has 1 aliphatic carbocycles. The first-order valence-corrected chi connectivity index (χ1v) is 9.11. The van der Waals surface area contributed by atoms with E-state index >= 15 is 0 Å². The molecule has 2 atom stereocenters. The van der Waals surface area contributed by atoms with Crippen molar-refractivity contribution in [2.45, 2.75) is 68.7 Å². The summed E-state index contributed by atoms with van der Waals surface area (Å²) in [5.74, 6) is -5.24. The number of benzene rings is 1. The zero-order valence-corrected chi connectivity index (χ0v) is 15.6. The normalized spacial score (nSPS) is 17.9. The van der Waals surface area contributed by atoms with Crippen LogP contribution in [0.3, 0.4) is 0 Å². The van der Waals surface area contributed by atoms with Crippen LogP contribution in [0.1, 0.15) is 50.6 Å². The van der Waals surface area contributed by atoms with Crippen molar-refractivity contribution >= 4 is 5.91 Å². The predicted octanol–water partition coefficient (Wildman–Crippen LogP) is 4.39. The molecule has 0 aromatic heterocycles. The molecule has 10 heteroatoms. The quantitative estimate of drug-likeness (QED) is 0.582. The van der Waals surface area contributed by atoms with Crippen molar-refractivity contribution in [1.82, 2.24) is 10.6 Å². The third-order valence-electron chi connectivity index (χ3n) is 4.66. The summed E-state index contributed by atoms with van der Waals surface area (Å²) in [6.07, 6.45) is -6.02. The second kappa shape index (κ2) is 8.61. The van der Waals surface area contributed by atoms with Crippen molar-refractivity contribution in [2.75, 3.05) is 0 Å². The SMILES string of the molecule is CCCC(F)(F)C[C@H](N[C@@H](c1ccc(F)cc1)C(F)(F)F)C(=O)NC1(C#N)CC1. The number of halogens is 6. The van der Waals surface area contributed by atoms with Crippen molar-refractivity contribution in [3.63, 3.8) is 0 Å². The van der Waals surface area contributed by atoms with E-state index in [1.807, 2.05) is 11.4 Å². The van der Waals surface area contributed by atoms with Crippen LogP contribution in [0.15, 0.2) is 24.3 Å². The van der Waals surface area contributed by atoms with Crippen molar-refractivity contribution in [3.05, 3.63) is 35.6 Å². The number of hydrogen-bond acceptors (Lipinski definition) is 3. The van der Waals surface area contributed by atoms with Gasteiger partial charge in [0.1, 0.15) is 17.4 Å². The van der Waals surface area contributed by atoms with Gasteiger partial charge in [0.2, 0.25) is 11.8 Å². The molecule has 29 heavy (non-hydrogen) atoms. The fourth-order valence-corrected chi connectivity index (χ4v) is 2.94. The summed E-state index contributed by atoms with van der Waals surface area (Å²) in [6, 6.07) is 0.835. The molecular weight excluding hydrogens is 400 g/mol. The van der Waals surface area contributed by atoms with Gasteiger partial charge in [-0.2, -0.15) is 18.4 Å². The second-order valence-corrected chi connectivity index (χ2v) is 7.24. The van der Waals surface area contributed by atoms with E-state index in [1.165, 1.54) is 6.92 Å². The third-order valence-corrected chi connectivity index (χ3v) is 4.66. The van der Waals surface area contributed by atoms with E-state index in [-0.39, 0.29) is 6.42 Å². The topological polar surface area (TPSA) is 64.9 Å². The van der Waals surface area contributed by atoms with E-state index in [9.17, 15) is 31.1 Å². The van der Waals surface area contributed by atoms with Crippen molar-refractivity contribution in [1.29, 1.82) is 5.26 Å². The fourth-order valence-electron chi connectivity index (χ4n) is 2.94. The van der Waals surface area contributed by atoms with Crippen LogP contribution in [0, 0.1) is 17.1 Å². The molecule has 0 heterocycles. The average molecular weight is 421 g/mol. The van der Waals surface area contributed by atoms with Crippen LogP contribution >= 0.6 is 0 Å². The van der Waals surface area contributed by atoms with E-state index in [0.29, 0.717) is 12.8 Å². The molecule has 1 aromatic carbocycles. The van der Waals surface area contributed by atoms with Gasteiger partial charge in [0.15, 0.2) is 0 Å². The van der Waals surface area contributed by atoms with Crippen LogP contribution in [0.4, 0.5) is 26.3 Å². The number of nitrogens with zero attached hydrogens (tertiary/aromatic N) is 1. The van der Waals surface area contributed by atoms with Crippen LogP contribution < -0.4 is 10.6 Å². The van der Waals surface area contributed by atoms with Gasteiger partial charge in [-0.15, -0.1) is 0 Å². The number of nitrogens with one attached hydrogen (secondary N) is 2. The fraction of sp³-hybridized carbons (Fsp3) is 0.579. The summed E-state index contributed by atoms with van der Waals surface area (Å²) in [5.41, 5.74) is -1.64. The molecule has 1 amide bonds. The second-order valence-electron chi connectivity index (χ2n) is 7.24. The Morgan fingerprint density at radius 1 is 1.21 bits per heavy atom. The molecule has 1 fully saturated rings. The van der Waals surface area contributed by atoms with Crippen LogP contribution in [-0.2, 0) is 4.79 Å². The minimum atomic E-state index is -4.93. The Kier molecular flexibility index (Phi) is 6.83. The molecule has 2 N–H and O–H groups in total. The maximum absolute atomic E-state index is 14.2. The van der Waals surface area contributed by atoms with E-state index in [0.717, 1.165) is 24.3 Å². The smallest absolute Gasteiger partial charge is 0.336 e. The molecule has 160 valence electrons. The lowest BCUT2D eigenvalue weighted by atomic mass is 9.99. The molecule has 2 rings (SSSR count). The zero-order valence-electron chi connectivity index (χ0n) is 15.6. The minimum Gasteiger partial charge on any atom is -0.336 e. The number of rotatable bonds is 9. The highest BCUT2D eigenvalue weighted by Crippen LogP contribution is 2.37. The number of alkyl halides is 5. The lowest BCUT2D eigenvalue weighted by Crippen LogP contribution is -2.53. The molecular formula is C19H21F6N3O. The van der Waals surface area contributed by atoms with E-state index in [2.05, 4.69) is 5.32 Å². The van der Waals surface area contributed by atoms with Gasteiger partial charge >= 0.3 is 6.18 Å². The Morgan fingerprint density at radius 3 is 2.24 bits per heavy atom. The summed E-state index contributed by atoms with van der Waals surface area (Å²) in [6.45, 7) is 1.49. The van der Waals surface area contributed by atoms with Gasteiger partial charge < -0.3 is 5.32 Å². The largest absolute Gasteiger partial charge is 0.407 e. The van der Waals surface area contributed by atoms with Crippen LogP contribution in [-0.4, -0.2) is 29.6 Å². The van der Waals surface area contributed by atoms with Gasteiger partial charge in [-0.3, -0.25) is 10.1 Å². The first kappa shape index (κ1) is 23.0. The maximum Gasteiger partial charge on any atom is 0.407 e. The monoisotopic (exact) mass is 421 g/mol. The summed E-state index contributed by atoms with van der Waals surface area (Å²) in [5, 5.41) is 13.3. The summed E-state index contributed by atoms with van der Waals surface area (Å²) >= 11 is 0. The third kappa shape index (κ3) is 6.35. The number of carbonyl (C=O) groups excluding carboxylic acids is 1. The minimum absolute atomic E-state index is 0.0735. The van der Waals surface area contributed by atoms with Crippen molar-refractivity contribution in [2.24, 2.45) is 0 Å². The molecule has 0 radical (unpaired) electrons. The van der Waals surface area contributed by atoms with Gasteiger partial charge in [0.05, 0.1) is 12.1 Å². The predicted molar refractivity (Wildman–Crippen MR) is 92.3 cm³/mol. The number of nitriles is 1. The van der Waals surface area contributed by atoms with Crippen LogP contribution in [0.2, 0.25) is 0 Å². The Bertz CT molecular complexity index is 753. The Hall–Kier alpha value is -2.28.